The van der Waals surface area contributed by atoms with Crippen molar-refractivity contribution >= 4 is 35.0 Å². The fraction of sp³-hybridized carbons (Fsp3) is 0.750. The number of nitrogens with zero attached hydrogens (tertiary/aromatic N) is 3. The lowest BCUT2D eigenvalue weighted by Gasteiger charge is -2.35. The molecule has 2 unspecified atom stereocenters. The number of hydrogen-bond acceptors (Lipinski definition) is 8. The second-order valence-corrected chi connectivity index (χ2v) is 10.6. The van der Waals surface area contributed by atoms with Gasteiger partial charge in [-0.25, -0.2) is 4.79 Å². The monoisotopic (exact) mass is 490 g/mol. The summed E-state index contributed by atoms with van der Waals surface area (Å²) >= 11 is -0.731. The van der Waals surface area contributed by atoms with Crippen LogP contribution in [-0.4, -0.2) is 77.7 Å². The maximum absolute atomic E-state index is 13.2. The summed E-state index contributed by atoms with van der Waals surface area (Å²) in [6.45, 7) is 9.22. The fourth-order valence-corrected chi connectivity index (χ4v) is 5.90. The molecule has 182 valence electrons. The van der Waals surface area contributed by atoms with Crippen molar-refractivity contribution in [2.24, 2.45) is 12.8 Å². The summed E-state index contributed by atoms with van der Waals surface area (Å²) in [5, 5.41) is 4.23. The summed E-state index contributed by atoms with van der Waals surface area (Å²) < 4.78 is 30.5. The number of aromatic nitrogens is 2. The Hall–Kier alpha value is -1.47. The molecule has 1 saturated carbocycles. The lowest BCUT2D eigenvalue weighted by atomic mass is 10.0. The summed E-state index contributed by atoms with van der Waals surface area (Å²) in [5.74, 6) is -0.666. The van der Waals surface area contributed by atoms with Gasteiger partial charge in [-0.3, -0.25) is 18.2 Å². The molecular formula is C20H34N4O6S2. The van der Waals surface area contributed by atoms with Crippen molar-refractivity contribution in [3.63, 3.8) is 0 Å². The third-order valence-corrected chi connectivity index (χ3v) is 7.45. The van der Waals surface area contributed by atoms with Crippen LogP contribution >= 0.6 is 11.8 Å². The molecule has 0 aromatic carbocycles. The van der Waals surface area contributed by atoms with Crippen molar-refractivity contribution in [3.8, 4) is 0 Å². The van der Waals surface area contributed by atoms with E-state index in [-0.39, 0.29) is 36.1 Å². The average molecular weight is 491 g/mol. The van der Waals surface area contributed by atoms with Gasteiger partial charge in [-0.05, 0) is 33.1 Å². The zero-order valence-corrected chi connectivity index (χ0v) is 21.0. The summed E-state index contributed by atoms with van der Waals surface area (Å²) in [4.78, 5) is 27.1. The Morgan fingerprint density at radius 3 is 2.59 bits per heavy atom. The SMILES string of the molecule is CC.CCOC(=O)c1nn(C)c2c1CCN(CC1(SC(C)(CN)COS(=O)O)CC1)C2=O. The fourth-order valence-electron chi connectivity index (χ4n) is 3.69. The topological polar surface area (TPSA) is 137 Å². The molecule has 0 bridgehead atoms. The Bertz CT molecular complexity index is 857. The molecule has 1 amide bonds. The molecule has 32 heavy (non-hydrogen) atoms. The van der Waals surface area contributed by atoms with Crippen molar-refractivity contribution in [2.75, 3.05) is 32.8 Å². The first-order valence-corrected chi connectivity index (χ1v) is 12.6. The minimum atomic E-state index is -2.35. The van der Waals surface area contributed by atoms with E-state index in [0.29, 0.717) is 30.8 Å². The van der Waals surface area contributed by atoms with Gasteiger partial charge in [0.2, 0.25) is 0 Å². The van der Waals surface area contributed by atoms with Crippen LogP contribution in [0.4, 0.5) is 0 Å². The number of amides is 1. The zero-order chi connectivity index (χ0) is 24.1. The van der Waals surface area contributed by atoms with Gasteiger partial charge in [0.15, 0.2) is 5.69 Å². The van der Waals surface area contributed by atoms with E-state index in [9.17, 15) is 13.8 Å². The second-order valence-electron chi connectivity index (χ2n) is 7.91. The number of thioether (sulfide) groups is 1. The normalized spacial score (nSPS) is 19.3. The molecule has 10 nitrogen and oxygen atoms in total. The van der Waals surface area contributed by atoms with Crippen LogP contribution in [-0.2, 0) is 33.7 Å². The van der Waals surface area contributed by atoms with Gasteiger partial charge in [-0.1, -0.05) is 13.8 Å². The number of aryl methyl sites for hydroxylation is 1. The molecule has 3 N–H and O–H groups in total. The molecule has 2 atom stereocenters. The molecular weight excluding hydrogens is 456 g/mol. The molecule has 1 aliphatic heterocycles. The van der Waals surface area contributed by atoms with Crippen LogP contribution in [0.2, 0.25) is 0 Å². The average Bonchev–Trinajstić information content (AvgIpc) is 3.42. The van der Waals surface area contributed by atoms with Gasteiger partial charge in [-0.2, -0.15) is 9.31 Å². The Morgan fingerprint density at radius 1 is 1.41 bits per heavy atom. The minimum absolute atomic E-state index is 0.0434. The van der Waals surface area contributed by atoms with Gasteiger partial charge in [0, 0.05) is 37.0 Å². The summed E-state index contributed by atoms with van der Waals surface area (Å²) in [7, 11) is 1.66. The molecule has 1 aliphatic carbocycles. The van der Waals surface area contributed by atoms with Gasteiger partial charge in [-0.15, -0.1) is 11.8 Å². The van der Waals surface area contributed by atoms with Crippen LogP contribution < -0.4 is 5.73 Å². The number of carbonyl (C=O) groups excluding carboxylic acids is 2. The van der Waals surface area contributed by atoms with E-state index in [1.807, 2.05) is 20.8 Å². The standard InChI is InChI=1S/C18H28N4O6S2.C2H6/c1-4-27-16(24)13-12-5-8-22(15(23)14(12)21(3)20-13)10-18(6-7-18)29-17(2,9-19)11-28-30(25)26;1-2/h4-11,19H2,1-3H3,(H,25,26);1-2H3. The van der Waals surface area contributed by atoms with Crippen LogP contribution in [0.5, 0.6) is 0 Å². The second kappa shape index (κ2) is 11.1. The van der Waals surface area contributed by atoms with E-state index in [1.54, 1.807) is 30.6 Å². The lowest BCUT2D eigenvalue weighted by molar-refractivity contribution is 0.0517. The summed E-state index contributed by atoms with van der Waals surface area (Å²) in [6.07, 6.45) is 2.38. The highest BCUT2D eigenvalue weighted by Gasteiger charge is 2.50. The molecule has 3 rings (SSSR count). The zero-order valence-electron chi connectivity index (χ0n) is 19.4. The minimum Gasteiger partial charge on any atom is -0.461 e. The lowest BCUT2D eigenvalue weighted by Crippen LogP contribution is -2.45. The Morgan fingerprint density at radius 2 is 2.06 bits per heavy atom. The molecule has 2 aliphatic rings. The highest BCUT2D eigenvalue weighted by atomic mass is 32.2. The van der Waals surface area contributed by atoms with Gasteiger partial charge in [0.25, 0.3) is 5.91 Å². The molecule has 12 heteroatoms. The first kappa shape index (κ1) is 26.8. The molecule has 2 heterocycles. The van der Waals surface area contributed by atoms with E-state index in [1.165, 1.54) is 4.68 Å². The van der Waals surface area contributed by atoms with E-state index in [0.717, 1.165) is 12.8 Å². The Kier molecular flexibility index (Phi) is 9.29. The van der Waals surface area contributed by atoms with Crippen LogP contribution in [0.15, 0.2) is 0 Å². The Balaban J connectivity index is 0.00000176. The van der Waals surface area contributed by atoms with Crippen molar-refractivity contribution in [1.29, 1.82) is 0 Å². The molecule has 0 saturated heterocycles. The molecule has 0 spiro atoms. The number of fused-ring (bicyclic) bond motifs is 1. The number of rotatable bonds is 10. The number of carbonyl (C=O) groups is 2. The maximum Gasteiger partial charge on any atom is 0.359 e. The van der Waals surface area contributed by atoms with Crippen LogP contribution in [0.3, 0.4) is 0 Å². The van der Waals surface area contributed by atoms with Gasteiger partial charge in [0.1, 0.15) is 5.69 Å². The third kappa shape index (κ3) is 6.10. The van der Waals surface area contributed by atoms with Crippen LogP contribution in [0.1, 0.15) is 67.1 Å². The maximum atomic E-state index is 13.2. The smallest absolute Gasteiger partial charge is 0.359 e. The van der Waals surface area contributed by atoms with Crippen LogP contribution in [0.25, 0.3) is 0 Å². The highest BCUT2D eigenvalue weighted by Crippen LogP contribution is 2.54. The van der Waals surface area contributed by atoms with E-state index in [4.69, 9.17) is 19.2 Å². The van der Waals surface area contributed by atoms with Crippen LogP contribution in [0, 0.1) is 0 Å². The summed E-state index contributed by atoms with van der Waals surface area (Å²) in [6, 6.07) is 0. The molecule has 0 radical (unpaired) electrons. The summed E-state index contributed by atoms with van der Waals surface area (Å²) in [5.41, 5.74) is 7.18. The van der Waals surface area contributed by atoms with Gasteiger partial charge >= 0.3 is 17.3 Å². The first-order valence-electron chi connectivity index (χ1n) is 10.8. The largest absolute Gasteiger partial charge is 0.461 e. The number of ether oxygens (including phenoxy) is 1. The van der Waals surface area contributed by atoms with E-state index in [2.05, 4.69) is 5.10 Å². The first-order chi connectivity index (χ1) is 15.1. The third-order valence-electron chi connectivity index (χ3n) is 5.38. The highest BCUT2D eigenvalue weighted by molar-refractivity contribution is 8.02. The number of nitrogens with two attached hydrogens (primary N) is 1. The molecule has 1 aromatic rings. The van der Waals surface area contributed by atoms with Crippen molar-refractivity contribution < 1.29 is 27.3 Å². The van der Waals surface area contributed by atoms with Gasteiger partial charge in [0.05, 0.1) is 18.0 Å². The van der Waals surface area contributed by atoms with Crippen molar-refractivity contribution in [3.05, 3.63) is 17.0 Å². The predicted molar refractivity (Wildman–Crippen MR) is 124 cm³/mol. The number of esters is 1. The van der Waals surface area contributed by atoms with E-state index >= 15 is 0 Å². The van der Waals surface area contributed by atoms with Gasteiger partial charge < -0.3 is 15.4 Å². The predicted octanol–water partition coefficient (Wildman–Crippen LogP) is 1.76. The molecule has 1 aromatic heterocycles. The van der Waals surface area contributed by atoms with Crippen molar-refractivity contribution in [1.82, 2.24) is 14.7 Å². The quantitative estimate of drug-likeness (QED) is 0.371. The molecule has 1 fully saturated rings. The Labute approximate surface area is 196 Å². The van der Waals surface area contributed by atoms with E-state index < -0.39 is 22.1 Å². The number of hydrogen-bond donors (Lipinski definition) is 2. The van der Waals surface area contributed by atoms with Crippen molar-refractivity contribution in [2.45, 2.75) is 56.5 Å².